The Morgan fingerprint density at radius 3 is 2.52 bits per heavy atom. The van der Waals surface area contributed by atoms with E-state index in [4.69, 9.17) is 16.7 Å². The first-order valence-corrected chi connectivity index (χ1v) is 6.77. The number of hydrogen-bond donors (Lipinski definition) is 2. The maximum atomic E-state index is 12.4. The number of benzene rings is 1. The number of urea groups is 1. The first-order chi connectivity index (χ1) is 9.66. The summed E-state index contributed by atoms with van der Waals surface area (Å²) in [5.74, 6) is -1.15. The van der Waals surface area contributed by atoms with Crippen LogP contribution in [0.5, 0.6) is 0 Å². The second-order valence-corrected chi connectivity index (χ2v) is 5.93. The Kier molecular flexibility index (Phi) is 5.38. The van der Waals surface area contributed by atoms with Gasteiger partial charge in [-0.3, -0.25) is 0 Å². The lowest BCUT2D eigenvalue weighted by atomic mass is 10.1. The minimum absolute atomic E-state index is 0.0525. The average Bonchev–Trinajstić information content (AvgIpc) is 2.36. The van der Waals surface area contributed by atoms with Gasteiger partial charge in [0.1, 0.15) is 0 Å². The largest absolute Gasteiger partial charge is 0.478 e. The molecule has 1 aromatic carbocycles. The predicted molar refractivity (Wildman–Crippen MR) is 84.1 cm³/mol. The fourth-order valence-corrected chi connectivity index (χ4v) is 1.95. The van der Waals surface area contributed by atoms with Gasteiger partial charge >= 0.3 is 12.0 Å². The topological polar surface area (TPSA) is 69.6 Å². The van der Waals surface area contributed by atoms with Gasteiger partial charge in [0, 0.05) is 17.1 Å². The van der Waals surface area contributed by atoms with Crippen LogP contribution < -0.4 is 5.32 Å². The van der Waals surface area contributed by atoms with Crippen LogP contribution in [0.25, 0.3) is 0 Å². The number of hydrogen-bond acceptors (Lipinski definition) is 2. The zero-order valence-electron chi connectivity index (χ0n) is 12.3. The van der Waals surface area contributed by atoms with Crippen molar-refractivity contribution in [2.75, 3.05) is 11.9 Å². The molecule has 0 fully saturated rings. The highest BCUT2D eigenvalue weighted by Crippen LogP contribution is 2.22. The van der Waals surface area contributed by atoms with E-state index in [0.717, 1.165) is 0 Å². The fourth-order valence-electron chi connectivity index (χ4n) is 1.78. The molecule has 0 aromatic heterocycles. The van der Waals surface area contributed by atoms with Crippen LogP contribution in [0.15, 0.2) is 30.9 Å². The number of carboxylic acids is 1. The van der Waals surface area contributed by atoms with Crippen molar-refractivity contribution in [1.82, 2.24) is 4.90 Å². The van der Waals surface area contributed by atoms with Gasteiger partial charge in [-0.15, -0.1) is 6.58 Å². The van der Waals surface area contributed by atoms with Crippen LogP contribution in [0.2, 0.25) is 5.02 Å². The van der Waals surface area contributed by atoms with Crippen LogP contribution in [0.3, 0.4) is 0 Å². The molecule has 2 amide bonds. The molecule has 114 valence electrons. The summed E-state index contributed by atoms with van der Waals surface area (Å²) in [6, 6.07) is 3.90. The molecular weight excluding hydrogens is 292 g/mol. The van der Waals surface area contributed by atoms with Gasteiger partial charge in [-0.05, 0) is 39.0 Å². The monoisotopic (exact) mass is 310 g/mol. The summed E-state index contributed by atoms with van der Waals surface area (Å²) in [6.07, 6.45) is 1.62. The Hall–Kier alpha value is -2.01. The van der Waals surface area contributed by atoms with Gasteiger partial charge in [-0.1, -0.05) is 17.7 Å². The number of amides is 2. The summed E-state index contributed by atoms with van der Waals surface area (Å²) < 4.78 is 0. The van der Waals surface area contributed by atoms with Crippen molar-refractivity contribution in [2.24, 2.45) is 0 Å². The molecule has 0 aliphatic carbocycles. The molecule has 0 aliphatic rings. The Balaban J connectivity index is 3.07. The third-order valence-corrected chi connectivity index (χ3v) is 3.06. The maximum Gasteiger partial charge on any atom is 0.337 e. The van der Waals surface area contributed by atoms with E-state index in [9.17, 15) is 9.59 Å². The number of carboxylic acid groups (broad SMARTS) is 1. The summed E-state index contributed by atoms with van der Waals surface area (Å²) in [4.78, 5) is 25.1. The van der Waals surface area contributed by atoms with E-state index >= 15 is 0 Å². The highest BCUT2D eigenvalue weighted by atomic mass is 35.5. The van der Waals surface area contributed by atoms with E-state index < -0.39 is 17.5 Å². The van der Waals surface area contributed by atoms with Crippen molar-refractivity contribution in [2.45, 2.75) is 26.3 Å². The highest BCUT2D eigenvalue weighted by Gasteiger charge is 2.26. The van der Waals surface area contributed by atoms with E-state index in [1.807, 2.05) is 20.8 Å². The standard InChI is InChI=1S/C15H19ClN2O3/c1-5-8-18(15(2,3)4)14(21)17-12-7-6-10(16)9-11(12)13(19)20/h5-7,9H,1,8H2,2-4H3,(H,17,21)(H,19,20). The second kappa shape index (κ2) is 6.63. The third-order valence-electron chi connectivity index (χ3n) is 2.82. The van der Waals surface area contributed by atoms with E-state index in [1.165, 1.54) is 18.2 Å². The SMILES string of the molecule is C=CCN(C(=O)Nc1ccc(Cl)cc1C(=O)O)C(C)(C)C. The summed E-state index contributed by atoms with van der Waals surface area (Å²) in [5.41, 5.74) is -0.271. The van der Waals surface area contributed by atoms with Crippen molar-refractivity contribution >= 4 is 29.3 Å². The lowest BCUT2D eigenvalue weighted by Crippen LogP contribution is -2.47. The van der Waals surface area contributed by atoms with Gasteiger partial charge < -0.3 is 15.3 Å². The van der Waals surface area contributed by atoms with Crippen molar-refractivity contribution in [3.8, 4) is 0 Å². The molecule has 1 aromatic rings. The number of halogens is 1. The van der Waals surface area contributed by atoms with Crippen LogP contribution in [-0.4, -0.2) is 34.1 Å². The number of nitrogens with zero attached hydrogens (tertiary/aromatic N) is 1. The molecule has 0 unspecified atom stereocenters. The molecule has 0 radical (unpaired) electrons. The molecule has 0 saturated carbocycles. The Morgan fingerprint density at radius 1 is 1.43 bits per heavy atom. The van der Waals surface area contributed by atoms with Gasteiger partial charge in [0.05, 0.1) is 11.3 Å². The normalized spacial score (nSPS) is 10.9. The summed E-state index contributed by atoms with van der Waals surface area (Å²) in [7, 11) is 0. The van der Waals surface area contributed by atoms with E-state index in [2.05, 4.69) is 11.9 Å². The average molecular weight is 311 g/mol. The molecule has 0 aliphatic heterocycles. The van der Waals surface area contributed by atoms with Crippen LogP contribution in [-0.2, 0) is 0 Å². The van der Waals surface area contributed by atoms with Gasteiger partial charge in [0.15, 0.2) is 0 Å². The first kappa shape index (κ1) is 17.0. The van der Waals surface area contributed by atoms with Crippen molar-refractivity contribution in [1.29, 1.82) is 0 Å². The van der Waals surface area contributed by atoms with Crippen molar-refractivity contribution < 1.29 is 14.7 Å². The minimum atomic E-state index is -1.15. The molecular formula is C15H19ClN2O3. The molecule has 0 bridgehead atoms. The maximum absolute atomic E-state index is 12.4. The summed E-state index contributed by atoms with van der Waals surface area (Å²) in [6.45, 7) is 9.63. The quantitative estimate of drug-likeness (QED) is 0.830. The Labute approximate surface area is 129 Å². The van der Waals surface area contributed by atoms with E-state index in [1.54, 1.807) is 11.0 Å². The van der Waals surface area contributed by atoms with Gasteiger partial charge in [0.2, 0.25) is 0 Å². The fraction of sp³-hybridized carbons (Fsp3) is 0.333. The second-order valence-electron chi connectivity index (χ2n) is 5.50. The lowest BCUT2D eigenvalue weighted by molar-refractivity contribution is 0.0698. The number of anilines is 1. The first-order valence-electron chi connectivity index (χ1n) is 6.39. The Bertz CT molecular complexity index is 565. The molecule has 0 atom stereocenters. The minimum Gasteiger partial charge on any atom is -0.478 e. The smallest absolute Gasteiger partial charge is 0.337 e. The van der Waals surface area contributed by atoms with E-state index in [0.29, 0.717) is 11.6 Å². The van der Waals surface area contributed by atoms with Crippen LogP contribution in [0.4, 0.5) is 10.5 Å². The molecule has 0 spiro atoms. The molecule has 2 N–H and O–H groups in total. The zero-order chi connectivity index (χ0) is 16.2. The van der Waals surface area contributed by atoms with Crippen molar-refractivity contribution in [3.63, 3.8) is 0 Å². The van der Waals surface area contributed by atoms with Crippen LogP contribution in [0.1, 0.15) is 31.1 Å². The van der Waals surface area contributed by atoms with Crippen LogP contribution >= 0.6 is 11.6 Å². The molecule has 21 heavy (non-hydrogen) atoms. The predicted octanol–water partition coefficient (Wildman–Crippen LogP) is 3.86. The highest BCUT2D eigenvalue weighted by molar-refractivity contribution is 6.31. The van der Waals surface area contributed by atoms with Gasteiger partial charge in [-0.25, -0.2) is 9.59 Å². The van der Waals surface area contributed by atoms with Gasteiger partial charge in [0.25, 0.3) is 0 Å². The zero-order valence-corrected chi connectivity index (χ0v) is 13.1. The van der Waals surface area contributed by atoms with Crippen LogP contribution in [0, 0.1) is 0 Å². The molecule has 0 saturated heterocycles. The number of nitrogens with one attached hydrogen (secondary N) is 1. The molecule has 6 heteroatoms. The number of rotatable bonds is 4. The van der Waals surface area contributed by atoms with Gasteiger partial charge in [-0.2, -0.15) is 0 Å². The number of carbonyl (C=O) groups is 2. The number of carbonyl (C=O) groups excluding carboxylic acids is 1. The number of aromatic carboxylic acids is 1. The summed E-state index contributed by atoms with van der Waals surface area (Å²) >= 11 is 5.78. The molecule has 1 rings (SSSR count). The third kappa shape index (κ3) is 4.49. The molecule has 5 nitrogen and oxygen atoms in total. The summed E-state index contributed by atoms with van der Waals surface area (Å²) in [5, 5.41) is 12.1. The lowest BCUT2D eigenvalue weighted by Gasteiger charge is -2.35. The van der Waals surface area contributed by atoms with E-state index in [-0.39, 0.29) is 11.3 Å². The van der Waals surface area contributed by atoms with Crippen molar-refractivity contribution in [3.05, 3.63) is 41.4 Å². The Morgan fingerprint density at radius 2 is 2.05 bits per heavy atom. The molecule has 0 heterocycles.